The van der Waals surface area contributed by atoms with Crippen LogP contribution in [0.4, 0.5) is 0 Å². The molecule has 1 aliphatic carbocycles. The Morgan fingerprint density at radius 1 is 1.09 bits per heavy atom. The molecule has 0 amide bonds. The van der Waals surface area contributed by atoms with E-state index in [4.69, 9.17) is 5.14 Å². The molecule has 1 aromatic carbocycles. The van der Waals surface area contributed by atoms with Crippen LogP contribution in [-0.2, 0) is 16.6 Å². The van der Waals surface area contributed by atoms with Gasteiger partial charge >= 0.3 is 0 Å². The highest BCUT2D eigenvalue weighted by Gasteiger charge is 2.32. The van der Waals surface area contributed by atoms with Crippen molar-refractivity contribution in [2.24, 2.45) is 5.14 Å². The Hall–Kier alpha value is -0.950. The quantitative estimate of drug-likeness (QED) is 0.897. The Morgan fingerprint density at radius 3 is 2.36 bits per heavy atom. The van der Waals surface area contributed by atoms with Gasteiger partial charge in [-0.05, 0) is 55.4 Å². The molecule has 2 aliphatic rings. The first-order valence-electron chi connectivity index (χ1n) is 7.99. The maximum atomic E-state index is 11.5. The number of hydrogen-bond donors (Lipinski definition) is 1. The second-order valence-electron chi connectivity index (χ2n) is 6.48. The van der Waals surface area contributed by atoms with Crippen LogP contribution in [0.15, 0.2) is 12.1 Å². The van der Waals surface area contributed by atoms with Crippen LogP contribution in [0.25, 0.3) is 0 Å². The van der Waals surface area contributed by atoms with Crippen molar-refractivity contribution < 1.29 is 8.42 Å². The van der Waals surface area contributed by atoms with Gasteiger partial charge in [-0.25, -0.2) is 5.14 Å². The van der Waals surface area contributed by atoms with E-state index in [0.29, 0.717) is 19.1 Å². The van der Waals surface area contributed by atoms with Crippen LogP contribution in [0, 0.1) is 13.8 Å². The summed E-state index contributed by atoms with van der Waals surface area (Å²) in [5.41, 5.74) is 5.73. The summed E-state index contributed by atoms with van der Waals surface area (Å²) in [6, 6.07) is 4.86. The number of piperazine rings is 1. The molecule has 3 rings (SSSR count). The first-order valence-corrected chi connectivity index (χ1v) is 9.49. The molecule has 0 bridgehead atoms. The zero-order valence-electron chi connectivity index (χ0n) is 13.4. The minimum absolute atomic E-state index is 0.422. The van der Waals surface area contributed by atoms with E-state index >= 15 is 0 Å². The predicted molar refractivity (Wildman–Crippen MR) is 87.8 cm³/mol. The van der Waals surface area contributed by atoms with Crippen molar-refractivity contribution in [2.75, 3.05) is 26.2 Å². The standard InChI is InChI=1S/C16H25N3O2S/c1-12-6-7-13(2)16-14(12)4-3-5-15(16)18-8-10-19(11-9-18)22(17,20)21/h6-7,15H,3-5,8-11H2,1-2H3,(H2,17,20,21). The van der Waals surface area contributed by atoms with E-state index in [1.807, 2.05) is 0 Å². The third kappa shape index (κ3) is 2.93. The highest BCUT2D eigenvalue weighted by atomic mass is 32.2. The van der Waals surface area contributed by atoms with Gasteiger partial charge in [0, 0.05) is 32.2 Å². The fraction of sp³-hybridized carbons (Fsp3) is 0.625. The van der Waals surface area contributed by atoms with Crippen molar-refractivity contribution >= 4 is 10.2 Å². The molecular weight excluding hydrogens is 298 g/mol. The minimum atomic E-state index is -3.55. The number of fused-ring (bicyclic) bond motifs is 1. The molecule has 0 radical (unpaired) electrons. The van der Waals surface area contributed by atoms with Crippen LogP contribution in [0.5, 0.6) is 0 Å². The smallest absolute Gasteiger partial charge is 0.276 e. The molecule has 0 saturated carbocycles. The van der Waals surface area contributed by atoms with Gasteiger partial charge in [0.1, 0.15) is 0 Å². The Bertz CT molecular complexity index is 664. The Balaban J connectivity index is 1.83. The van der Waals surface area contributed by atoms with Gasteiger partial charge in [0.15, 0.2) is 0 Å². The monoisotopic (exact) mass is 323 g/mol. The van der Waals surface area contributed by atoms with E-state index in [0.717, 1.165) is 25.9 Å². The second kappa shape index (κ2) is 5.92. The van der Waals surface area contributed by atoms with Crippen LogP contribution in [0.1, 0.15) is 41.1 Å². The molecule has 1 atom stereocenters. The van der Waals surface area contributed by atoms with Crippen LogP contribution < -0.4 is 5.14 Å². The molecule has 122 valence electrons. The first kappa shape index (κ1) is 15.9. The van der Waals surface area contributed by atoms with Crippen molar-refractivity contribution in [3.05, 3.63) is 34.4 Å². The summed E-state index contributed by atoms with van der Waals surface area (Å²) < 4.78 is 24.3. The molecule has 22 heavy (non-hydrogen) atoms. The summed E-state index contributed by atoms with van der Waals surface area (Å²) in [6.45, 7) is 6.89. The van der Waals surface area contributed by atoms with E-state index in [1.54, 1.807) is 0 Å². The first-order chi connectivity index (χ1) is 10.4. The Kier molecular flexibility index (Phi) is 4.29. The molecule has 6 heteroatoms. The summed E-state index contributed by atoms with van der Waals surface area (Å²) in [4.78, 5) is 2.44. The number of nitrogens with zero attached hydrogens (tertiary/aromatic N) is 2. The van der Waals surface area contributed by atoms with Gasteiger partial charge in [-0.2, -0.15) is 12.7 Å². The van der Waals surface area contributed by atoms with Gasteiger partial charge in [0.25, 0.3) is 10.2 Å². The van der Waals surface area contributed by atoms with E-state index in [-0.39, 0.29) is 0 Å². The minimum Gasteiger partial charge on any atom is -0.294 e. The molecule has 1 aliphatic heterocycles. The molecule has 0 aromatic heterocycles. The van der Waals surface area contributed by atoms with Gasteiger partial charge < -0.3 is 0 Å². The van der Waals surface area contributed by atoms with Crippen LogP contribution in [-0.4, -0.2) is 43.8 Å². The molecule has 1 fully saturated rings. The topological polar surface area (TPSA) is 66.6 Å². The molecule has 1 unspecified atom stereocenters. The molecule has 1 aromatic rings. The average Bonchev–Trinajstić information content (AvgIpc) is 2.50. The van der Waals surface area contributed by atoms with E-state index < -0.39 is 10.2 Å². The molecule has 0 spiro atoms. The SMILES string of the molecule is Cc1ccc(C)c2c1CCCC2N1CCN(S(N)(=O)=O)CC1. The summed E-state index contributed by atoms with van der Waals surface area (Å²) in [5.74, 6) is 0. The highest BCUT2D eigenvalue weighted by Crippen LogP contribution is 2.38. The predicted octanol–water partition coefficient (Wildman–Crippen LogP) is 1.50. The highest BCUT2D eigenvalue weighted by molar-refractivity contribution is 7.86. The second-order valence-corrected chi connectivity index (χ2v) is 8.03. The van der Waals surface area contributed by atoms with Crippen molar-refractivity contribution in [1.29, 1.82) is 0 Å². The zero-order chi connectivity index (χ0) is 15.9. The summed E-state index contributed by atoms with van der Waals surface area (Å²) in [6.07, 6.45) is 3.53. The van der Waals surface area contributed by atoms with Gasteiger partial charge in [-0.3, -0.25) is 4.90 Å². The van der Waals surface area contributed by atoms with Gasteiger partial charge in [0.05, 0.1) is 0 Å². The number of hydrogen-bond acceptors (Lipinski definition) is 3. The van der Waals surface area contributed by atoms with E-state index in [2.05, 4.69) is 30.9 Å². The largest absolute Gasteiger partial charge is 0.294 e. The Morgan fingerprint density at radius 2 is 1.73 bits per heavy atom. The summed E-state index contributed by atoms with van der Waals surface area (Å²) in [5, 5.41) is 5.23. The van der Waals surface area contributed by atoms with Gasteiger partial charge in [-0.15, -0.1) is 0 Å². The van der Waals surface area contributed by atoms with Gasteiger partial charge in [-0.1, -0.05) is 12.1 Å². The lowest BCUT2D eigenvalue weighted by molar-refractivity contribution is 0.124. The van der Waals surface area contributed by atoms with Crippen LogP contribution in [0.3, 0.4) is 0 Å². The van der Waals surface area contributed by atoms with Crippen LogP contribution in [0.2, 0.25) is 0 Å². The normalized spacial score (nSPS) is 24.2. The van der Waals surface area contributed by atoms with Crippen molar-refractivity contribution in [1.82, 2.24) is 9.21 Å². The Labute approximate surface area is 133 Å². The van der Waals surface area contributed by atoms with Crippen molar-refractivity contribution in [2.45, 2.75) is 39.2 Å². The van der Waals surface area contributed by atoms with Crippen molar-refractivity contribution in [3.63, 3.8) is 0 Å². The number of aryl methyl sites for hydroxylation is 2. The molecule has 1 saturated heterocycles. The number of nitrogens with two attached hydrogens (primary N) is 1. The lowest BCUT2D eigenvalue weighted by Crippen LogP contribution is -2.51. The molecular formula is C16H25N3O2S. The number of rotatable bonds is 2. The number of benzene rings is 1. The molecule has 5 nitrogen and oxygen atoms in total. The summed E-state index contributed by atoms with van der Waals surface area (Å²) >= 11 is 0. The van der Waals surface area contributed by atoms with Gasteiger partial charge in [0.2, 0.25) is 0 Å². The molecule has 1 heterocycles. The fourth-order valence-electron chi connectivity index (χ4n) is 3.94. The van der Waals surface area contributed by atoms with Crippen LogP contribution >= 0.6 is 0 Å². The summed E-state index contributed by atoms with van der Waals surface area (Å²) in [7, 11) is -3.55. The maximum Gasteiger partial charge on any atom is 0.276 e. The third-order valence-corrected chi connectivity index (χ3v) is 6.21. The third-order valence-electron chi connectivity index (χ3n) is 5.12. The average molecular weight is 323 g/mol. The van der Waals surface area contributed by atoms with Crippen molar-refractivity contribution in [3.8, 4) is 0 Å². The fourth-order valence-corrected chi connectivity index (χ4v) is 4.61. The molecule has 2 N–H and O–H groups in total. The maximum absolute atomic E-state index is 11.5. The van der Waals surface area contributed by atoms with E-state index in [1.165, 1.54) is 33.0 Å². The lowest BCUT2D eigenvalue weighted by atomic mass is 9.81. The van der Waals surface area contributed by atoms with E-state index in [9.17, 15) is 8.42 Å². The zero-order valence-corrected chi connectivity index (χ0v) is 14.2. The lowest BCUT2D eigenvalue weighted by Gasteiger charge is -2.41.